The minimum Gasteiger partial charge on any atom is -0.872 e. The summed E-state index contributed by atoms with van der Waals surface area (Å²) in [6, 6.07) is 58.7. The maximum atomic E-state index is 11.7. The fraction of sp³-hybridized carbons (Fsp3) is 0.0294. The van der Waals surface area contributed by atoms with Crippen LogP contribution in [-0.4, -0.2) is 79.5 Å². The number of aliphatic imine (C=N–C) groups is 4. The van der Waals surface area contributed by atoms with Crippen molar-refractivity contribution >= 4 is 190 Å². The molecule has 24 heteroatoms. The van der Waals surface area contributed by atoms with Gasteiger partial charge >= 0.3 is 34.1 Å². The second kappa shape index (κ2) is 42.7. The molecule has 0 bridgehead atoms. The molecule has 16 nitrogen and oxygen atoms in total. The number of halogens is 4. The van der Waals surface area contributed by atoms with Crippen molar-refractivity contribution < 1.29 is 64.8 Å². The number of aliphatic hydroxyl groups is 2. The van der Waals surface area contributed by atoms with Gasteiger partial charge < -0.3 is 41.5 Å². The number of nitrogens with zero attached hydrogens (tertiary/aromatic N) is 10. The Bertz CT molecular complexity index is 3960. The van der Waals surface area contributed by atoms with Gasteiger partial charge in [-0.25, -0.2) is 0 Å². The molecule has 2 N–H and O–H groups in total. The van der Waals surface area contributed by atoms with E-state index >= 15 is 0 Å². The number of fused-ring (bicyclic) bond motifs is 4. The van der Waals surface area contributed by atoms with Crippen molar-refractivity contribution in [3.63, 3.8) is 0 Å². The van der Waals surface area contributed by atoms with Gasteiger partial charge in [-0.05, 0) is 119 Å². The SMILES string of the molecule is CO.CO.[Fe+3].[Fe+3].[N-]=C=S.[N-]=C=S.[O-]c1ccc(Br)cc1C=Nc1cccc2cccnc12.[O-]c1ccc(Br)cc1C=Nc1cccc2cccnc12.[O-]c1ccc(Br)cc1C=Nc1cccc2cccnc12.[O-]c1ccc(Br)cc1C=Nc1cccc2cccnc12. The van der Waals surface area contributed by atoms with Crippen molar-refractivity contribution in [1.29, 1.82) is 0 Å². The predicted molar refractivity (Wildman–Crippen MR) is 379 cm³/mol. The number of thiocarbonyl (C=S) groups is 2. The topological polar surface area (TPSA) is 278 Å². The predicted octanol–water partition coefficient (Wildman–Crippen LogP) is 15.8. The Balaban J connectivity index is 0.000000303. The molecule has 4 aromatic heterocycles. The molecule has 12 rings (SSSR count). The average Bonchev–Trinajstić information content (AvgIpc) is 1.33. The molecule has 0 amide bonds. The summed E-state index contributed by atoms with van der Waals surface area (Å²) in [7, 11) is 2.00. The Morgan fingerprint density at radius 1 is 0.348 bits per heavy atom. The van der Waals surface area contributed by atoms with Gasteiger partial charge in [0.05, 0.1) is 44.8 Å². The Morgan fingerprint density at radius 3 is 0.728 bits per heavy atom. The first kappa shape index (κ1) is 78.0. The first-order valence-electron chi connectivity index (χ1n) is 26.1. The van der Waals surface area contributed by atoms with Crippen molar-refractivity contribution in [2.45, 2.75) is 0 Å². The van der Waals surface area contributed by atoms with E-state index in [0.717, 1.165) is 98.5 Å². The summed E-state index contributed by atoms with van der Waals surface area (Å²) in [5.41, 5.74) is 8.51. The molecule has 0 aliphatic heterocycles. The van der Waals surface area contributed by atoms with Crippen molar-refractivity contribution in [3.8, 4) is 23.0 Å². The average molecular weight is 1600 g/mol. The van der Waals surface area contributed by atoms with Crippen molar-refractivity contribution in [2.24, 2.45) is 20.0 Å². The monoisotopic (exact) mass is 1590 g/mol. The van der Waals surface area contributed by atoms with E-state index in [1.54, 1.807) is 98.2 Å². The van der Waals surface area contributed by atoms with Crippen LogP contribution in [0.15, 0.2) is 257 Å². The van der Waals surface area contributed by atoms with Crippen LogP contribution >= 0.6 is 88.2 Å². The minimum atomic E-state index is -0.0508. The molecule has 0 atom stereocenters. The standard InChI is InChI=1S/4C16H11BrN2O.2CNS.2CH4O.2Fe/c4*17-13-6-7-15(20)12(9-13)10-19-14-5-1-3-11-4-2-8-18-16(11)14;2*2-1-3;2*1-2;;/h4*1-10,20H;;;2*2H,1H3;;/q;;;;2*-1;;;2*+3/p-4. The Labute approximate surface area is 595 Å². The van der Waals surface area contributed by atoms with Gasteiger partial charge in [-0.1, -0.05) is 208 Å². The smallest absolute Gasteiger partial charge is 0.872 e. The maximum Gasteiger partial charge on any atom is 3.00 e. The fourth-order valence-electron chi connectivity index (χ4n) is 7.81. The first-order chi connectivity index (χ1) is 43.8. The minimum absolute atomic E-state index is 0. The summed E-state index contributed by atoms with van der Waals surface area (Å²) in [6.45, 7) is 0. The summed E-state index contributed by atoms with van der Waals surface area (Å²) in [5, 5.41) is 82.0. The summed E-state index contributed by atoms with van der Waals surface area (Å²) < 4.78 is 3.42. The molecule has 462 valence electrons. The molecule has 0 fully saturated rings. The first-order valence-corrected chi connectivity index (χ1v) is 30.1. The molecule has 0 aliphatic carbocycles. The van der Waals surface area contributed by atoms with Gasteiger partial charge in [0.25, 0.3) is 0 Å². The molecule has 0 saturated carbocycles. The Kier molecular flexibility index (Phi) is 36.2. The Morgan fingerprint density at radius 2 is 0.533 bits per heavy atom. The largest absolute Gasteiger partial charge is 3.00 e. The number of hydrogen-bond acceptors (Lipinski definition) is 16. The van der Waals surface area contributed by atoms with Gasteiger partial charge in [0.15, 0.2) is 0 Å². The van der Waals surface area contributed by atoms with E-state index in [9.17, 15) is 20.4 Å². The van der Waals surface area contributed by atoms with E-state index in [-0.39, 0.29) is 57.1 Å². The number of aromatic nitrogens is 4. The van der Waals surface area contributed by atoms with Crippen LogP contribution in [0.25, 0.3) is 54.4 Å². The molecule has 0 unspecified atom stereocenters. The molecular weight excluding hydrogens is 1550 g/mol. The van der Waals surface area contributed by atoms with E-state index in [1.807, 2.05) is 121 Å². The fourth-order valence-corrected chi connectivity index (χ4v) is 9.32. The summed E-state index contributed by atoms with van der Waals surface area (Å²) in [5.74, 6) is -0.203. The van der Waals surface area contributed by atoms with Crippen LogP contribution < -0.4 is 20.4 Å². The van der Waals surface area contributed by atoms with Crippen molar-refractivity contribution in [1.82, 2.24) is 19.9 Å². The molecule has 8 aromatic carbocycles. The van der Waals surface area contributed by atoms with E-state index < -0.39 is 0 Å². The van der Waals surface area contributed by atoms with Crippen LogP contribution in [0.1, 0.15) is 22.3 Å². The molecule has 12 aromatic rings. The number of para-hydroxylation sites is 4. The molecule has 2 radical (unpaired) electrons. The summed E-state index contributed by atoms with van der Waals surface area (Å²) in [4.78, 5) is 34.9. The zero-order valence-electron chi connectivity index (χ0n) is 48.1. The van der Waals surface area contributed by atoms with E-state index in [4.69, 9.17) is 21.0 Å². The van der Waals surface area contributed by atoms with Gasteiger partial charge in [0.1, 0.15) is 0 Å². The molecule has 0 saturated heterocycles. The zero-order chi connectivity index (χ0) is 65.2. The molecule has 92 heavy (non-hydrogen) atoms. The second-order valence-corrected chi connectivity index (χ2v) is 21.4. The Hall–Kier alpha value is -8.24. The van der Waals surface area contributed by atoms with Gasteiger partial charge in [0.2, 0.25) is 0 Å². The zero-order valence-corrected chi connectivity index (χ0v) is 58.3. The summed E-state index contributed by atoms with van der Waals surface area (Å²) in [6.07, 6.45) is 13.3. The van der Waals surface area contributed by atoms with Crippen molar-refractivity contribution in [3.05, 3.63) is 270 Å². The number of pyridine rings is 4. The van der Waals surface area contributed by atoms with Crippen LogP contribution in [0, 0.1) is 0 Å². The third-order valence-electron chi connectivity index (χ3n) is 11.7. The number of isothiocyanates is 2. The van der Waals surface area contributed by atoms with Gasteiger partial charge in [0, 0.05) is 103 Å². The quantitative estimate of drug-likeness (QED) is 0.0816. The van der Waals surface area contributed by atoms with E-state index in [2.05, 4.69) is 128 Å². The maximum absolute atomic E-state index is 11.7. The van der Waals surface area contributed by atoms with Crippen LogP contribution in [0.4, 0.5) is 22.7 Å². The van der Waals surface area contributed by atoms with Gasteiger partial charge in [-0.15, -0.1) is 0 Å². The van der Waals surface area contributed by atoms with Crippen LogP contribution in [0.3, 0.4) is 0 Å². The molecule has 0 aliphatic rings. The third-order valence-corrected chi connectivity index (χ3v) is 13.7. The number of benzene rings is 8. The molecule has 4 heterocycles. The molecular formula is C68H48Br4Fe2N10O6S2. The van der Waals surface area contributed by atoms with Crippen LogP contribution in [0.5, 0.6) is 23.0 Å². The number of rotatable bonds is 8. The van der Waals surface area contributed by atoms with Gasteiger partial charge in [-0.3, -0.25) is 39.9 Å². The van der Waals surface area contributed by atoms with Crippen LogP contribution in [0.2, 0.25) is 0 Å². The van der Waals surface area contributed by atoms with E-state index in [0.29, 0.717) is 22.3 Å². The van der Waals surface area contributed by atoms with Crippen LogP contribution in [-0.2, 0) is 34.1 Å². The normalized spacial score (nSPS) is 10.1. The van der Waals surface area contributed by atoms with Crippen molar-refractivity contribution in [2.75, 3.05) is 14.2 Å². The van der Waals surface area contributed by atoms with E-state index in [1.165, 1.54) is 34.6 Å². The number of aliphatic hydroxyl groups excluding tert-OH is 2. The molecule has 0 spiro atoms. The summed E-state index contributed by atoms with van der Waals surface area (Å²) >= 11 is 20.8. The number of hydrogen-bond donors (Lipinski definition) is 2. The van der Waals surface area contributed by atoms with Gasteiger partial charge in [-0.2, -0.15) is 10.3 Å². The second-order valence-electron chi connectivity index (χ2n) is 17.4. The third kappa shape index (κ3) is 24.4.